The Morgan fingerprint density at radius 2 is 1.96 bits per heavy atom. The molecule has 2 atom stereocenters. The van der Waals surface area contributed by atoms with Crippen LogP contribution in [0.4, 0.5) is 8.78 Å². The van der Waals surface area contributed by atoms with E-state index in [1.54, 1.807) is 6.07 Å². The third kappa shape index (κ3) is 4.21. The molecule has 2 heterocycles. The maximum absolute atomic E-state index is 13.2. The predicted molar refractivity (Wildman–Crippen MR) is 87.7 cm³/mol. The number of fused-ring (bicyclic) bond motifs is 2. The molecule has 2 fully saturated rings. The Kier molecular flexibility index (Phi) is 6.36. The van der Waals surface area contributed by atoms with Gasteiger partial charge in [0.1, 0.15) is 0 Å². The van der Waals surface area contributed by atoms with Gasteiger partial charge in [-0.1, -0.05) is 6.07 Å². The number of rotatable bonds is 4. The number of amides is 1. The molecule has 1 amide bonds. The van der Waals surface area contributed by atoms with Crippen LogP contribution >= 0.6 is 12.4 Å². The van der Waals surface area contributed by atoms with Crippen molar-refractivity contribution in [2.75, 3.05) is 13.1 Å². The Hall–Kier alpha value is -1.20. The lowest BCUT2D eigenvalue weighted by atomic mass is 10.1. The van der Waals surface area contributed by atoms with Crippen LogP contribution in [0.15, 0.2) is 18.2 Å². The Morgan fingerprint density at radius 1 is 1.17 bits per heavy atom. The minimum Gasteiger partial charge on any atom is -0.335 e. The van der Waals surface area contributed by atoms with Crippen LogP contribution in [-0.2, 0) is 11.2 Å². The van der Waals surface area contributed by atoms with E-state index in [2.05, 4.69) is 10.2 Å². The number of aryl methyl sites for hydroxylation is 1. The molecule has 128 valence electrons. The normalized spacial score (nSPS) is 23.3. The quantitative estimate of drug-likeness (QED) is 0.910. The van der Waals surface area contributed by atoms with Crippen molar-refractivity contribution in [3.05, 3.63) is 35.4 Å². The summed E-state index contributed by atoms with van der Waals surface area (Å²) in [5.41, 5.74) is 0.743. The molecule has 2 unspecified atom stereocenters. The third-order valence-corrected chi connectivity index (χ3v) is 4.78. The molecule has 2 saturated heterocycles. The van der Waals surface area contributed by atoms with Gasteiger partial charge < -0.3 is 10.2 Å². The van der Waals surface area contributed by atoms with Crippen LogP contribution in [0, 0.1) is 11.6 Å². The Labute approximate surface area is 141 Å². The smallest absolute Gasteiger partial charge is 0.223 e. The number of halogens is 3. The zero-order valence-corrected chi connectivity index (χ0v) is 13.9. The van der Waals surface area contributed by atoms with Crippen molar-refractivity contribution in [3.8, 4) is 0 Å². The lowest BCUT2D eigenvalue weighted by molar-refractivity contribution is -0.133. The van der Waals surface area contributed by atoms with Crippen molar-refractivity contribution in [3.63, 3.8) is 0 Å². The molecule has 0 saturated carbocycles. The van der Waals surface area contributed by atoms with Crippen LogP contribution in [0.25, 0.3) is 0 Å². The van der Waals surface area contributed by atoms with Gasteiger partial charge in [0.25, 0.3) is 0 Å². The minimum atomic E-state index is -0.825. The van der Waals surface area contributed by atoms with E-state index >= 15 is 0 Å². The highest BCUT2D eigenvalue weighted by Crippen LogP contribution is 2.28. The van der Waals surface area contributed by atoms with Gasteiger partial charge in [-0.3, -0.25) is 4.79 Å². The number of benzene rings is 1. The zero-order valence-electron chi connectivity index (χ0n) is 13.1. The van der Waals surface area contributed by atoms with Crippen molar-refractivity contribution in [2.45, 2.75) is 50.6 Å². The van der Waals surface area contributed by atoms with Crippen LogP contribution in [0.3, 0.4) is 0 Å². The molecule has 0 aliphatic carbocycles. The van der Waals surface area contributed by atoms with E-state index in [0.717, 1.165) is 44.0 Å². The molecular formula is C17H23ClF2N2O. The van der Waals surface area contributed by atoms with Gasteiger partial charge in [-0.15, -0.1) is 12.4 Å². The van der Waals surface area contributed by atoms with Crippen molar-refractivity contribution in [1.29, 1.82) is 0 Å². The fraction of sp³-hybridized carbons (Fsp3) is 0.588. The Morgan fingerprint density at radius 3 is 2.74 bits per heavy atom. The second kappa shape index (κ2) is 8.06. The van der Waals surface area contributed by atoms with Gasteiger partial charge in [0.15, 0.2) is 11.6 Å². The van der Waals surface area contributed by atoms with Crippen molar-refractivity contribution in [1.82, 2.24) is 10.2 Å². The number of hydrogen-bond donors (Lipinski definition) is 1. The highest BCUT2D eigenvalue weighted by Gasteiger charge is 2.37. The lowest BCUT2D eigenvalue weighted by Crippen LogP contribution is -2.42. The summed E-state index contributed by atoms with van der Waals surface area (Å²) < 4.78 is 26.0. The Balaban J connectivity index is 0.00000192. The first-order valence-corrected chi connectivity index (χ1v) is 8.11. The molecule has 1 aromatic carbocycles. The summed E-state index contributed by atoms with van der Waals surface area (Å²) in [7, 11) is 0. The monoisotopic (exact) mass is 344 g/mol. The summed E-state index contributed by atoms with van der Waals surface area (Å²) in [5.74, 6) is -1.44. The molecule has 3 rings (SSSR count). The number of carbonyl (C=O) groups excluding carboxylic acids is 1. The van der Waals surface area contributed by atoms with Gasteiger partial charge >= 0.3 is 0 Å². The van der Waals surface area contributed by atoms with Crippen LogP contribution in [-0.4, -0.2) is 36.0 Å². The first kappa shape index (κ1) is 18.1. The number of nitrogens with one attached hydrogen (secondary N) is 1. The molecule has 1 aromatic rings. The van der Waals surface area contributed by atoms with E-state index in [4.69, 9.17) is 0 Å². The van der Waals surface area contributed by atoms with Gasteiger partial charge in [-0.2, -0.15) is 0 Å². The fourth-order valence-electron chi connectivity index (χ4n) is 3.66. The molecule has 2 bridgehead atoms. The molecule has 0 radical (unpaired) electrons. The third-order valence-electron chi connectivity index (χ3n) is 4.78. The molecule has 0 aromatic heterocycles. The second-order valence-electron chi connectivity index (χ2n) is 6.28. The van der Waals surface area contributed by atoms with Gasteiger partial charge in [0, 0.05) is 25.0 Å². The Bertz CT molecular complexity index is 541. The van der Waals surface area contributed by atoms with Crippen molar-refractivity contribution in [2.24, 2.45) is 0 Å². The average Bonchev–Trinajstić information content (AvgIpc) is 2.76. The van der Waals surface area contributed by atoms with Crippen LogP contribution in [0.1, 0.15) is 37.7 Å². The maximum atomic E-state index is 13.2. The van der Waals surface area contributed by atoms with E-state index in [0.29, 0.717) is 31.3 Å². The minimum absolute atomic E-state index is 0. The van der Waals surface area contributed by atoms with Crippen molar-refractivity contribution >= 4 is 18.3 Å². The SMILES string of the molecule is Cl.O=C(CCCc1ccc(F)c(F)c1)N1C2CCNCC1CC2. The van der Waals surface area contributed by atoms with Crippen molar-refractivity contribution < 1.29 is 13.6 Å². The van der Waals surface area contributed by atoms with Crippen LogP contribution in [0.5, 0.6) is 0 Å². The molecule has 2 aliphatic rings. The van der Waals surface area contributed by atoms with E-state index in [-0.39, 0.29) is 18.3 Å². The molecule has 23 heavy (non-hydrogen) atoms. The molecule has 6 heteroatoms. The van der Waals surface area contributed by atoms with Crippen LogP contribution < -0.4 is 5.32 Å². The summed E-state index contributed by atoms with van der Waals surface area (Å²) >= 11 is 0. The first-order valence-electron chi connectivity index (χ1n) is 8.11. The van der Waals surface area contributed by atoms with E-state index in [1.165, 1.54) is 6.07 Å². The molecule has 3 nitrogen and oxygen atoms in total. The van der Waals surface area contributed by atoms with Gasteiger partial charge in [0.2, 0.25) is 5.91 Å². The van der Waals surface area contributed by atoms with Gasteiger partial charge in [0.05, 0.1) is 0 Å². The summed E-state index contributed by atoms with van der Waals surface area (Å²) in [6.07, 6.45) is 4.99. The van der Waals surface area contributed by atoms with Gasteiger partial charge in [-0.05, 0) is 56.3 Å². The number of nitrogens with zero attached hydrogens (tertiary/aromatic N) is 1. The van der Waals surface area contributed by atoms with Crippen LogP contribution in [0.2, 0.25) is 0 Å². The molecule has 2 aliphatic heterocycles. The fourth-order valence-corrected chi connectivity index (χ4v) is 3.66. The average molecular weight is 345 g/mol. The summed E-state index contributed by atoms with van der Waals surface area (Å²) in [5, 5.41) is 3.39. The molecular weight excluding hydrogens is 322 g/mol. The standard InChI is InChI=1S/C17H22F2N2O.ClH/c18-15-7-4-12(10-16(15)19)2-1-3-17(22)21-13-5-6-14(21)11-20-9-8-13;/h4,7,10,13-14,20H,1-3,5-6,8-9,11H2;1H. The van der Waals surface area contributed by atoms with E-state index in [1.807, 2.05) is 0 Å². The molecule has 1 N–H and O–H groups in total. The maximum Gasteiger partial charge on any atom is 0.223 e. The van der Waals surface area contributed by atoms with E-state index in [9.17, 15) is 13.6 Å². The highest BCUT2D eigenvalue weighted by atomic mass is 35.5. The summed E-state index contributed by atoms with van der Waals surface area (Å²) in [6, 6.07) is 4.67. The molecule has 0 spiro atoms. The van der Waals surface area contributed by atoms with E-state index < -0.39 is 11.6 Å². The first-order chi connectivity index (χ1) is 10.6. The predicted octanol–water partition coefficient (Wildman–Crippen LogP) is 3.06. The second-order valence-corrected chi connectivity index (χ2v) is 6.28. The zero-order chi connectivity index (χ0) is 15.5. The van der Waals surface area contributed by atoms with Gasteiger partial charge in [-0.25, -0.2) is 8.78 Å². The largest absolute Gasteiger partial charge is 0.335 e. The number of carbonyl (C=O) groups is 1. The number of hydrogen-bond acceptors (Lipinski definition) is 2. The summed E-state index contributed by atoms with van der Waals surface area (Å²) in [4.78, 5) is 14.6. The summed E-state index contributed by atoms with van der Waals surface area (Å²) in [6.45, 7) is 1.88. The highest BCUT2D eigenvalue weighted by molar-refractivity contribution is 5.85. The lowest BCUT2D eigenvalue weighted by Gasteiger charge is -2.28. The topological polar surface area (TPSA) is 32.3 Å².